The minimum atomic E-state index is -0.922. The van der Waals surface area contributed by atoms with E-state index in [0.717, 1.165) is 5.56 Å². The van der Waals surface area contributed by atoms with Gasteiger partial charge < -0.3 is 0 Å². The van der Waals surface area contributed by atoms with Gasteiger partial charge in [-0.3, -0.25) is 14.3 Å². The molecular formula is C9H11NO3S. The zero-order valence-corrected chi connectivity index (χ0v) is 8.62. The summed E-state index contributed by atoms with van der Waals surface area (Å²) in [5, 5.41) is 10.4. The zero-order valence-electron chi connectivity index (χ0n) is 7.80. The van der Waals surface area contributed by atoms with E-state index in [2.05, 4.69) is 0 Å². The smallest absolute Gasteiger partial charge is 0.259 e. The van der Waals surface area contributed by atoms with Gasteiger partial charge in [0.05, 0.1) is 4.92 Å². The molecule has 4 nitrogen and oxygen atoms in total. The number of benzene rings is 1. The fourth-order valence-corrected chi connectivity index (χ4v) is 1.80. The molecule has 0 fully saturated rings. The van der Waals surface area contributed by atoms with Crippen LogP contribution in [0.5, 0.6) is 0 Å². The highest BCUT2D eigenvalue weighted by atomic mass is 32.2. The van der Waals surface area contributed by atoms with E-state index >= 15 is 0 Å². The number of hydrogen-bond donors (Lipinski definition) is 0. The number of nitro benzene ring substituents is 1. The quantitative estimate of drug-likeness (QED) is 0.566. The van der Waals surface area contributed by atoms with E-state index in [0.29, 0.717) is 11.5 Å². The van der Waals surface area contributed by atoms with Crippen molar-refractivity contribution in [3.05, 3.63) is 39.9 Å². The largest absolute Gasteiger partial charge is 0.269 e. The highest BCUT2D eigenvalue weighted by molar-refractivity contribution is 7.84. The van der Waals surface area contributed by atoms with Crippen LogP contribution in [0.15, 0.2) is 24.3 Å². The Bertz CT molecular complexity index is 365. The van der Waals surface area contributed by atoms with Crippen LogP contribution in [0.1, 0.15) is 12.5 Å². The first kappa shape index (κ1) is 10.8. The van der Waals surface area contributed by atoms with Gasteiger partial charge >= 0.3 is 0 Å². The van der Waals surface area contributed by atoms with Crippen molar-refractivity contribution < 1.29 is 9.13 Å². The van der Waals surface area contributed by atoms with Gasteiger partial charge in [0.25, 0.3) is 5.69 Å². The molecule has 0 saturated carbocycles. The lowest BCUT2D eigenvalue weighted by Gasteiger charge is -1.99. The van der Waals surface area contributed by atoms with Crippen molar-refractivity contribution in [3.63, 3.8) is 0 Å². The summed E-state index contributed by atoms with van der Waals surface area (Å²) in [6.07, 6.45) is 0. The molecule has 0 aliphatic carbocycles. The molecule has 0 spiro atoms. The predicted octanol–water partition coefficient (Wildman–Crippen LogP) is 1.86. The van der Waals surface area contributed by atoms with Gasteiger partial charge in [0.15, 0.2) is 0 Å². The summed E-state index contributed by atoms with van der Waals surface area (Å²) in [7, 11) is -0.922. The predicted molar refractivity (Wildman–Crippen MR) is 55.5 cm³/mol. The van der Waals surface area contributed by atoms with Gasteiger partial charge in [-0.25, -0.2) is 0 Å². The van der Waals surface area contributed by atoms with Crippen molar-refractivity contribution in [2.45, 2.75) is 12.7 Å². The standard InChI is InChI=1S/C9H11NO3S/c1-2-14(13)7-8-4-3-5-9(6-8)10(11)12/h3-6H,2,7H2,1H3. The van der Waals surface area contributed by atoms with Crippen LogP contribution in [0, 0.1) is 10.1 Å². The molecular weight excluding hydrogens is 202 g/mol. The molecule has 1 aromatic carbocycles. The Morgan fingerprint density at radius 2 is 2.21 bits per heavy atom. The molecule has 0 aromatic heterocycles. The van der Waals surface area contributed by atoms with E-state index in [4.69, 9.17) is 0 Å². The van der Waals surface area contributed by atoms with E-state index in [1.165, 1.54) is 12.1 Å². The van der Waals surface area contributed by atoms with E-state index < -0.39 is 15.7 Å². The Labute approximate surface area is 84.6 Å². The van der Waals surface area contributed by atoms with Crippen molar-refractivity contribution >= 4 is 16.5 Å². The maximum absolute atomic E-state index is 11.2. The molecule has 1 unspecified atom stereocenters. The maximum Gasteiger partial charge on any atom is 0.269 e. The molecule has 0 saturated heterocycles. The lowest BCUT2D eigenvalue weighted by atomic mass is 10.2. The molecule has 14 heavy (non-hydrogen) atoms. The maximum atomic E-state index is 11.2. The second kappa shape index (κ2) is 4.85. The van der Waals surface area contributed by atoms with Crippen molar-refractivity contribution in [3.8, 4) is 0 Å². The normalized spacial score (nSPS) is 12.4. The molecule has 5 heteroatoms. The van der Waals surface area contributed by atoms with Crippen molar-refractivity contribution in [2.24, 2.45) is 0 Å². The van der Waals surface area contributed by atoms with Gasteiger partial charge in [-0.1, -0.05) is 19.1 Å². The Kier molecular flexibility index (Phi) is 3.76. The first-order valence-corrected chi connectivity index (χ1v) is 5.70. The third-order valence-electron chi connectivity index (χ3n) is 1.77. The minimum absolute atomic E-state index is 0.0515. The van der Waals surface area contributed by atoms with Crippen LogP contribution in [-0.2, 0) is 16.6 Å². The monoisotopic (exact) mass is 213 g/mol. The molecule has 0 N–H and O–H groups in total. The van der Waals surface area contributed by atoms with Crippen LogP contribution in [0.2, 0.25) is 0 Å². The summed E-state index contributed by atoms with van der Waals surface area (Å²) in [6, 6.07) is 6.26. The van der Waals surface area contributed by atoms with Crippen LogP contribution >= 0.6 is 0 Å². The molecule has 0 bridgehead atoms. The number of rotatable bonds is 4. The molecule has 76 valence electrons. The minimum Gasteiger partial charge on any atom is -0.259 e. The lowest BCUT2D eigenvalue weighted by Crippen LogP contribution is -1.98. The average Bonchev–Trinajstić information content (AvgIpc) is 2.18. The summed E-state index contributed by atoms with van der Waals surface area (Å²) < 4.78 is 11.2. The van der Waals surface area contributed by atoms with E-state index in [1.807, 2.05) is 6.92 Å². The van der Waals surface area contributed by atoms with Gasteiger partial charge in [-0.05, 0) is 5.56 Å². The number of hydrogen-bond acceptors (Lipinski definition) is 3. The molecule has 1 atom stereocenters. The lowest BCUT2D eigenvalue weighted by molar-refractivity contribution is -0.384. The Morgan fingerprint density at radius 1 is 1.50 bits per heavy atom. The highest BCUT2D eigenvalue weighted by Gasteiger charge is 2.06. The SMILES string of the molecule is CCS(=O)Cc1cccc([N+](=O)[O-])c1. The van der Waals surface area contributed by atoms with Crippen molar-refractivity contribution in [2.75, 3.05) is 5.75 Å². The van der Waals surface area contributed by atoms with Gasteiger partial charge in [0, 0.05) is 34.4 Å². The van der Waals surface area contributed by atoms with Crippen LogP contribution in [-0.4, -0.2) is 14.9 Å². The van der Waals surface area contributed by atoms with Crippen molar-refractivity contribution in [1.82, 2.24) is 0 Å². The van der Waals surface area contributed by atoms with Gasteiger partial charge in [-0.15, -0.1) is 0 Å². The summed E-state index contributed by atoms with van der Waals surface area (Å²) in [6.45, 7) is 1.83. The second-order valence-electron chi connectivity index (χ2n) is 2.80. The molecule has 0 radical (unpaired) electrons. The fraction of sp³-hybridized carbons (Fsp3) is 0.333. The van der Waals surface area contributed by atoms with Crippen LogP contribution in [0.25, 0.3) is 0 Å². The second-order valence-corrected chi connectivity index (χ2v) is 4.55. The van der Waals surface area contributed by atoms with Crippen LogP contribution in [0.3, 0.4) is 0 Å². The number of nitro groups is 1. The molecule has 0 heterocycles. The summed E-state index contributed by atoms with van der Waals surface area (Å²) in [4.78, 5) is 9.99. The molecule has 0 aliphatic heterocycles. The van der Waals surface area contributed by atoms with E-state index in [1.54, 1.807) is 12.1 Å². The first-order chi connectivity index (χ1) is 6.63. The van der Waals surface area contributed by atoms with Crippen molar-refractivity contribution in [1.29, 1.82) is 0 Å². The summed E-state index contributed by atoms with van der Waals surface area (Å²) in [5.41, 5.74) is 0.801. The fourth-order valence-electron chi connectivity index (χ4n) is 1.05. The number of non-ortho nitro benzene ring substituents is 1. The molecule has 1 aromatic rings. The third kappa shape index (κ3) is 2.92. The first-order valence-electron chi connectivity index (χ1n) is 4.21. The molecule has 1 rings (SSSR count). The topological polar surface area (TPSA) is 60.2 Å². The van der Waals surface area contributed by atoms with Crippen LogP contribution in [0.4, 0.5) is 5.69 Å². The zero-order chi connectivity index (χ0) is 10.6. The summed E-state index contributed by atoms with van der Waals surface area (Å²) >= 11 is 0. The Morgan fingerprint density at radius 3 is 2.79 bits per heavy atom. The Hall–Kier alpha value is -1.23. The Balaban J connectivity index is 2.83. The molecule has 0 aliphatic rings. The van der Waals surface area contributed by atoms with Gasteiger partial charge in [0.2, 0.25) is 0 Å². The van der Waals surface area contributed by atoms with E-state index in [-0.39, 0.29) is 5.69 Å². The summed E-state index contributed by atoms with van der Waals surface area (Å²) in [5.74, 6) is 0.959. The van der Waals surface area contributed by atoms with E-state index in [9.17, 15) is 14.3 Å². The van der Waals surface area contributed by atoms with Gasteiger partial charge in [-0.2, -0.15) is 0 Å². The van der Waals surface area contributed by atoms with Crippen LogP contribution < -0.4 is 0 Å². The number of nitrogens with zero attached hydrogens (tertiary/aromatic N) is 1. The highest BCUT2D eigenvalue weighted by Crippen LogP contribution is 2.14. The third-order valence-corrected chi connectivity index (χ3v) is 3.07. The average molecular weight is 213 g/mol. The van der Waals surface area contributed by atoms with Gasteiger partial charge in [0.1, 0.15) is 0 Å². The molecule has 0 amide bonds.